The molecule has 1 aromatic heterocycles. The number of oxime groups is 1. The fourth-order valence-electron chi connectivity index (χ4n) is 3.48. The molecule has 2 bridgehead atoms. The van der Waals surface area contributed by atoms with Gasteiger partial charge in [-0.3, -0.25) is 4.84 Å². The zero-order chi connectivity index (χ0) is 13.1. The van der Waals surface area contributed by atoms with E-state index in [-0.39, 0.29) is 24.2 Å². The maximum absolute atomic E-state index is 5.60. The van der Waals surface area contributed by atoms with E-state index in [0.29, 0.717) is 0 Å². The van der Waals surface area contributed by atoms with Crippen LogP contribution in [0.5, 0.6) is 0 Å². The number of nitrogens with one attached hydrogen (secondary N) is 1. The Kier molecular flexibility index (Phi) is 2.03. The van der Waals surface area contributed by atoms with Gasteiger partial charge in [-0.15, -0.1) is 0 Å². The normalized spacial score (nSPS) is 34.1. The third-order valence-corrected chi connectivity index (χ3v) is 4.46. The monoisotopic (exact) mass is 267 g/mol. The molecule has 3 aliphatic rings. The predicted molar refractivity (Wildman–Crippen MR) is 73.1 cm³/mol. The van der Waals surface area contributed by atoms with Crippen molar-refractivity contribution in [2.24, 2.45) is 11.1 Å². The summed E-state index contributed by atoms with van der Waals surface area (Å²) in [4.78, 5) is 15.9. The van der Waals surface area contributed by atoms with Gasteiger partial charge in [0.1, 0.15) is 5.71 Å². The third kappa shape index (κ3) is 1.34. The molecule has 3 heterocycles. The van der Waals surface area contributed by atoms with Gasteiger partial charge in [0, 0.05) is 5.39 Å². The second-order valence-corrected chi connectivity index (χ2v) is 5.58. The number of fused-ring (bicyclic) bond motifs is 6. The van der Waals surface area contributed by atoms with Crippen molar-refractivity contribution < 1.29 is 9.68 Å². The van der Waals surface area contributed by atoms with Crippen LogP contribution in [0, 0.1) is 5.92 Å². The summed E-state index contributed by atoms with van der Waals surface area (Å²) in [6.07, 6.45) is 1.23. The van der Waals surface area contributed by atoms with E-state index in [2.05, 4.69) is 22.8 Å². The van der Waals surface area contributed by atoms with E-state index in [1.807, 2.05) is 24.3 Å². The van der Waals surface area contributed by atoms with Gasteiger partial charge < -0.3 is 4.84 Å². The summed E-state index contributed by atoms with van der Waals surface area (Å²) in [6.45, 7) is 0. The van der Waals surface area contributed by atoms with Gasteiger partial charge in [0.2, 0.25) is 0 Å². The first-order valence-corrected chi connectivity index (χ1v) is 6.91. The zero-order valence-electron chi connectivity index (χ0n) is 10.7. The summed E-state index contributed by atoms with van der Waals surface area (Å²) >= 11 is 0. The molecule has 0 amide bonds. The highest BCUT2D eigenvalue weighted by molar-refractivity contribution is 6.03. The largest absolute Gasteiger partial charge is 0.390 e. The standard InChI is InChI=1S/C15H13N3O2/c1-2-4-9-8(3-1)5-6-10(16-9)14-13-12-7-11(17-19-12)15(13)20-18-14/h1-6,11-13,15,17H,7H2/t11-,12+,13+,15+/m1/s1. The van der Waals surface area contributed by atoms with E-state index in [1.54, 1.807) is 0 Å². The van der Waals surface area contributed by atoms with Crippen LogP contribution < -0.4 is 5.48 Å². The summed E-state index contributed by atoms with van der Waals surface area (Å²) in [5.41, 5.74) is 5.82. The molecule has 0 unspecified atom stereocenters. The van der Waals surface area contributed by atoms with Crippen molar-refractivity contribution in [3.63, 3.8) is 0 Å². The quantitative estimate of drug-likeness (QED) is 0.853. The number of aromatic nitrogens is 1. The van der Waals surface area contributed by atoms with Crippen LogP contribution in [0.4, 0.5) is 0 Å². The second-order valence-electron chi connectivity index (χ2n) is 5.58. The number of hydrogen-bond acceptors (Lipinski definition) is 5. The van der Waals surface area contributed by atoms with Crippen molar-refractivity contribution in [3.8, 4) is 0 Å². The lowest BCUT2D eigenvalue weighted by atomic mass is 9.94. The van der Waals surface area contributed by atoms with E-state index in [0.717, 1.165) is 28.7 Å². The molecule has 1 aromatic carbocycles. The van der Waals surface area contributed by atoms with Crippen LogP contribution in [0.15, 0.2) is 41.6 Å². The summed E-state index contributed by atoms with van der Waals surface area (Å²) in [5, 5.41) is 5.41. The Morgan fingerprint density at radius 2 is 2.10 bits per heavy atom. The van der Waals surface area contributed by atoms with Gasteiger partial charge in [0.25, 0.3) is 0 Å². The Labute approximate surface area is 115 Å². The fourth-order valence-corrected chi connectivity index (χ4v) is 3.48. The first-order valence-electron chi connectivity index (χ1n) is 6.91. The van der Waals surface area contributed by atoms with Crippen LogP contribution in [-0.4, -0.2) is 28.9 Å². The molecule has 1 saturated carbocycles. The number of para-hydroxylation sites is 1. The fraction of sp³-hybridized carbons (Fsp3) is 0.333. The average molecular weight is 267 g/mol. The maximum Gasteiger partial charge on any atom is 0.156 e. The van der Waals surface area contributed by atoms with Crippen LogP contribution in [0.1, 0.15) is 12.1 Å². The maximum atomic E-state index is 5.60. The van der Waals surface area contributed by atoms with Crippen LogP contribution >= 0.6 is 0 Å². The van der Waals surface area contributed by atoms with Crippen LogP contribution in [0.2, 0.25) is 0 Å². The van der Waals surface area contributed by atoms with Crippen molar-refractivity contribution in [1.29, 1.82) is 0 Å². The Balaban J connectivity index is 1.58. The lowest BCUT2D eigenvalue weighted by Crippen LogP contribution is -2.43. The molecule has 5 nitrogen and oxygen atoms in total. The molecular formula is C15H13N3O2. The Bertz CT molecular complexity index is 730. The van der Waals surface area contributed by atoms with E-state index in [9.17, 15) is 0 Å². The highest BCUT2D eigenvalue weighted by atomic mass is 16.7. The topological polar surface area (TPSA) is 55.7 Å². The SMILES string of the molecule is c1ccc2nc(C3=NO[C@@H]4[C@H]3[C@@H]3C[C@H]4NO3)ccc2c1. The van der Waals surface area contributed by atoms with Crippen molar-refractivity contribution in [3.05, 3.63) is 42.1 Å². The Morgan fingerprint density at radius 1 is 1.15 bits per heavy atom. The van der Waals surface area contributed by atoms with Gasteiger partial charge in [-0.25, -0.2) is 4.98 Å². The summed E-state index contributed by atoms with van der Waals surface area (Å²) < 4.78 is 0. The molecule has 0 spiro atoms. The molecule has 100 valence electrons. The average Bonchev–Trinajstić information content (AvgIpc) is 3.19. The van der Waals surface area contributed by atoms with Crippen molar-refractivity contribution in [2.45, 2.75) is 24.7 Å². The van der Waals surface area contributed by atoms with Gasteiger partial charge in [0.05, 0.1) is 29.3 Å². The molecule has 1 saturated heterocycles. The Hall–Kier alpha value is -1.98. The first-order chi connectivity index (χ1) is 9.90. The van der Waals surface area contributed by atoms with Gasteiger partial charge in [-0.05, 0) is 18.6 Å². The molecule has 2 aliphatic heterocycles. The minimum atomic E-state index is 0.0945. The molecule has 1 aliphatic carbocycles. The molecule has 5 rings (SSSR count). The third-order valence-electron chi connectivity index (χ3n) is 4.46. The molecule has 0 radical (unpaired) electrons. The van der Waals surface area contributed by atoms with Crippen LogP contribution in [-0.2, 0) is 9.68 Å². The van der Waals surface area contributed by atoms with Gasteiger partial charge in [-0.1, -0.05) is 29.4 Å². The van der Waals surface area contributed by atoms with Crippen LogP contribution in [0.25, 0.3) is 10.9 Å². The first kappa shape index (κ1) is 10.8. The number of hydroxylamine groups is 1. The predicted octanol–water partition coefficient (Wildman–Crippen LogP) is 1.63. The molecule has 5 heteroatoms. The van der Waals surface area contributed by atoms with Crippen LogP contribution in [0.3, 0.4) is 0 Å². The lowest BCUT2D eigenvalue weighted by Gasteiger charge is -2.23. The summed E-state index contributed by atoms with van der Waals surface area (Å²) in [5.74, 6) is 0.204. The molecular weight excluding hydrogens is 254 g/mol. The second kappa shape index (κ2) is 3.77. The molecule has 2 fully saturated rings. The molecule has 4 atom stereocenters. The number of nitrogens with zero attached hydrogens (tertiary/aromatic N) is 2. The molecule has 1 N–H and O–H groups in total. The minimum Gasteiger partial charge on any atom is -0.390 e. The molecule has 2 aromatic rings. The smallest absolute Gasteiger partial charge is 0.156 e. The van der Waals surface area contributed by atoms with Crippen molar-refractivity contribution in [2.75, 3.05) is 0 Å². The van der Waals surface area contributed by atoms with Crippen molar-refractivity contribution in [1.82, 2.24) is 10.5 Å². The molecule has 20 heavy (non-hydrogen) atoms. The van der Waals surface area contributed by atoms with E-state index in [1.165, 1.54) is 0 Å². The summed E-state index contributed by atoms with van der Waals surface area (Å²) in [6, 6.07) is 12.5. The number of pyridine rings is 1. The zero-order valence-corrected chi connectivity index (χ0v) is 10.7. The van der Waals surface area contributed by atoms with Crippen molar-refractivity contribution >= 4 is 16.6 Å². The number of rotatable bonds is 1. The highest BCUT2D eigenvalue weighted by Gasteiger charge is 2.56. The number of hydrogen-bond donors (Lipinski definition) is 1. The van der Waals surface area contributed by atoms with E-state index >= 15 is 0 Å². The Morgan fingerprint density at radius 3 is 3.10 bits per heavy atom. The van der Waals surface area contributed by atoms with Gasteiger partial charge >= 0.3 is 0 Å². The van der Waals surface area contributed by atoms with Gasteiger partial charge in [0.15, 0.2) is 6.10 Å². The van der Waals surface area contributed by atoms with Gasteiger partial charge in [-0.2, -0.15) is 5.48 Å². The highest BCUT2D eigenvalue weighted by Crippen LogP contribution is 2.41. The summed E-state index contributed by atoms with van der Waals surface area (Å²) in [7, 11) is 0. The minimum absolute atomic E-state index is 0.0945. The van der Waals surface area contributed by atoms with E-state index in [4.69, 9.17) is 14.7 Å². The van der Waals surface area contributed by atoms with E-state index < -0.39 is 0 Å². The lowest BCUT2D eigenvalue weighted by molar-refractivity contribution is -0.0768. The number of benzene rings is 1.